The highest BCUT2D eigenvalue weighted by molar-refractivity contribution is 5.38. The lowest BCUT2D eigenvalue weighted by molar-refractivity contribution is 0.195. The SMILES string of the molecule is CCOc1ccc(C(C)O)cc1CN1CC2CCC1C2. The lowest BCUT2D eigenvalue weighted by atomic mass is 10.0. The van der Waals surface area contributed by atoms with E-state index in [0.717, 1.165) is 29.8 Å². The molecule has 3 heteroatoms. The molecule has 1 aromatic carbocycles. The van der Waals surface area contributed by atoms with Crippen molar-refractivity contribution in [3.05, 3.63) is 29.3 Å². The summed E-state index contributed by atoms with van der Waals surface area (Å²) in [6.07, 6.45) is 3.72. The molecule has 0 aromatic heterocycles. The molecule has 3 unspecified atom stereocenters. The van der Waals surface area contributed by atoms with Crippen LogP contribution in [0.1, 0.15) is 50.3 Å². The van der Waals surface area contributed by atoms with Gasteiger partial charge in [0.15, 0.2) is 0 Å². The van der Waals surface area contributed by atoms with Crippen molar-refractivity contribution in [3.8, 4) is 5.75 Å². The highest BCUT2D eigenvalue weighted by Crippen LogP contribution is 2.39. The molecule has 1 N–H and O–H groups in total. The topological polar surface area (TPSA) is 32.7 Å². The number of fused-ring (bicyclic) bond motifs is 2. The molecule has 2 fully saturated rings. The first-order chi connectivity index (χ1) is 9.67. The van der Waals surface area contributed by atoms with Gasteiger partial charge in [0.2, 0.25) is 0 Å². The molecule has 1 aliphatic carbocycles. The summed E-state index contributed by atoms with van der Waals surface area (Å²) >= 11 is 0. The van der Waals surface area contributed by atoms with Gasteiger partial charge < -0.3 is 9.84 Å². The van der Waals surface area contributed by atoms with E-state index >= 15 is 0 Å². The first-order valence-electron chi connectivity index (χ1n) is 7.85. The van der Waals surface area contributed by atoms with Gasteiger partial charge in [-0.25, -0.2) is 0 Å². The zero-order valence-electron chi connectivity index (χ0n) is 12.5. The van der Waals surface area contributed by atoms with Crippen molar-refractivity contribution in [1.82, 2.24) is 4.90 Å². The third-order valence-electron chi connectivity index (χ3n) is 4.76. The summed E-state index contributed by atoms with van der Waals surface area (Å²) in [6.45, 7) is 6.71. The van der Waals surface area contributed by atoms with E-state index in [4.69, 9.17) is 4.74 Å². The average molecular weight is 275 g/mol. The number of hydrogen-bond acceptors (Lipinski definition) is 3. The van der Waals surface area contributed by atoms with E-state index in [1.165, 1.54) is 31.4 Å². The Bertz CT molecular complexity index is 472. The molecule has 3 atom stereocenters. The number of piperidine rings is 1. The van der Waals surface area contributed by atoms with Crippen LogP contribution in [0.3, 0.4) is 0 Å². The van der Waals surface area contributed by atoms with Crippen LogP contribution in [0.5, 0.6) is 5.75 Å². The average Bonchev–Trinajstić information content (AvgIpc) is 3.03. The molecule has 110 valence electrons. The zero-order valence-corrected chi connectivity index (χ0v) is 12.5. The van der Waals surface area contributed by atoms with Crippen LogP contribution < -0.4 is 4.74 Å². The molecule has 1 aromatic rings. The third kappa shape index (κ3) is 2.70. The van der Waals surface area contributed by atoms with Gasteiger partial charge in [-0.05, 0) is 56.7 Å². The molecule has 1 heterocycles. The first kappa shape index (κ1) is 13.9. The number of hydrogen-bond donors (Lipinski definition) is 1. The number of aliphatic hydroxyl groups excluding tert-OH is 1. The Kier molecular flexibility index (Phi) is 3.99. The van der Waals surface area contributed by atoms with Gasteiger partial charge in [-0.3, -0.25) is 4.90 Å². The van der Waals surface area contributed by atoms with E-state index < -0.39 is 6.10 Å². The smallest absolute Gasteiger partial charge is 0.123 e. The molecule has 0 radical (unpaired) electrons. The number of rotatable bonds is 5. The second-order valence-electron chi connectivity index (χ2n) is 6.24. The first-order valence-corrected chi connectivity index (χ1v) is 7.85. The van der Waals surface area contributed by atoms with Gasteiger partial charge >= 0.3 is 0 Å². The molecule has 3 rings (SSSR count). The summed E-state index contributed by atoms with van der Waals surface area (Å²) in [4.78, 5) is 2.60. The number of ether oxygens (including phenoxy) is 1. The Morgan fingerprint density at radius 2 is 2.25 bits per heavy atom. The predicted octanol–water partition coefficient (Wildman–Crippen LogP) is 3.12. The normalized spacial score (nSPS) is 26.9. The van der Waals surface area contributed by atoms with Crippen molar-refractivity contribution >= 4 is 0 Å². The van der Waals surface area contributed by atoms with Crippen LogP contribution in [0, 0.1) is 5.92 Å². The quantitative estimate of drug-likeness (QED) is 0.896. The summed E-state index contributed by atoms with van der Waals surface area (Å²) < 4.78 is 5.75. The monoisotopic (exact) mass is 275 g/mol. The number of aliphatic hydroxyl groups is 1. The highest BCUT2D eigenvalue weighted by atomic mass is 16.5. The maximum atomic E-state index is 9.78. The lowest BCUT2D eigenvalue weighted by Crippen LogP contribution is -2.31. The predicted molar refractivity (Wildman–Crippen MR) is 79.8 cm³/mol. The third-order valence-corrected chi connectivity index (χ3v) is 4.76. The van der Waals surface area contributed by atoms with Crippen LogP contribution in [0.4, 0.5) is 0 Å². The Hall–Kier alpha value is -1.06. The van der Waals surface area contributed by atoms with Gasteiger partial charge in [0.05, 0.1) is 12.7 Å². The van der Waals surface area contributed by atoms with E-state index in [0.29, 0.717) is 6.61 Å². The summed E-state index contributed by atoms with van der Waals surface area (Å²) in [5, 5.41) is 9.78. The fraction of sp³-hybridized carbons (Fsp3) is 0.647. The lowest BCUT2D eigenvalue weighted by Gasteiger charge is -2.27. The summed E-state index contributed by atoms with van der Waals surface area (Å²) in [7, 11) is 0. The van der Waals surface area contributed by atoms with Crippen LogP contribution in [0.25, 0.3) is 0 Å². The molecule has 0 amide bonds. The van der Waals surface area contributed by atoms with Crippen LogP contribution in [0.15, 0.2) is 18.2 Å². The van der Waals surface area contributed by atoms with Gasteiger partial charge in [0.25, 0.3) is 0 Å². The van der Waals surface area contributed by atoms with Gasteiger partial charge in [-0.1, -0.05) is 6.07 Å². The summed E-state index contributed by atoms with van der Waals surface area (Å²) in [6, 6.07) is 6.86. The minimum Gasteiger partial charge on any atom is -0.494 e. The fourth-order valence-corrected chi connectivity index (χ4v) is 3.72. The largest absolute Gasteiger partial charge is 0.494 e. The fourth-order valence-electron chi connectivity index (χ4n) is 3.72. The summed E-state index contributed by atoms with van der Waals surface area (Å²) in [5.41, 5.74) is 2.20. The number of benzene rings is 1. The van der Waals surface area contributed by atoms with E-state index in [1.807, 2.05) is 26.0 Å². The Balaban J connectivity index is 1.80. The standard InChI is InChI=1S/C17H25NO2/c1-3-20-17-7-5-14(12(2)19)9-15(17)11-18-10-13-4-6-16(18)8-13/h5,7,9,12-13,16,19H,3-4,6,8,10-11H2,1-2H3. The van der Waals surface area contributed by atoms with Crippen LogP contribution in [0.2, 0.25) is 0 Å². The maximum Gasteiger partial charge on any atom is 0.123 e. The molecule has 20 heavy (non-hydrogen) atoms. The molecule has 2 bridgehead atoms. The van der Waals surface area contributed by atoms with Crippen LogP contribution in [-0.4, -0.2) is 29.2 Å². The molecule has 0 spiro atoms. The second-order valence-corrected chi connectivity index (χ2v) is 6.24. The molecular weight excluding hydrogens is 250 g/mol. The summed E-state index contributed by atoms with van der Waals surface area (Å²) in [5.74, 6) is 1.88. The minimum atomic E-state index is -0.417. The van der Waals surface area contributed by atoms with Crippen molar-refractivity contribution in [2.45, 2.75) is 51.8 Å². The molecule has 1 saturated heterocycles. The van der Waals surface area contributed by atoms with Crippen molar-refractivity contribution in [3.63, 3.8) is 0 Å². The molecule has 2 aliphatic rings. The van der Waals surface area contributed by atoms with Crippen molar-refractivity contribution in [2.75, 3.05) is 13.2 Å². The number of likely N-dealkylation sites (tertiary alicyclic amines) is 1. The second kappa shape index (κ2) is 5.74. The minimum absolute atomic E-state index is 0.417. The van der Waals surface area contributed by atoms with E-state index in [-0.39, 0.29) is 0 Å². The Morgan fingerprint density at radius 1 is 1.40 bits per heavy atom. The number of nitrogens with zero attached hydrogens (tertiary/aromatic N) is 1. The van der Waals surface area contributed by atoms with Crippen molar-refractivity contribution in [2.24, 2.45) is 5.92 Å². The van der Waals surface area contributed by atoms with Gasteiger partial charge in [0, 0.05) is 24.7 Å². The zero-order chi connectivity index (χ0) is 14.1. The molecular formula is C17H25NO2. The van der Waals surface area contributed by atoms with E-state index in [1.54, 1.807) is 0 Å². The van der Waals surface area contributed by atoms with Crippen molar-refractivity contribution in [1.29, 1.82) is 0 Å². The van der Waals surface area contributed by atoms with Gasteiger partial charge in [-0.2, -0.15) is 0 Å². The van der Waals surface area contributed by atoms with Crippen LogP contribution in [-0.2, 0) is 6.54 Å². The van der Waals surface area contributed by atoms with Crippen LogP contribution >= 0.6 is 0 Å². The molecule has 1 aliphatic heterocycles. The molecule has 3 nitrogen and oxygen atoms in total. The Morgan fingerprint density at radius 3 is 2.85 bits per heavy atom. The van der Waals surface area contributed by atoms with E-state index in [9.17, 15) is 5.11 Å². The van der Waals surface area contributed by atoms with E-state index in [2.05, 4.69) is 11.0 Å². The maximum absolute atomic E-state index is 9.78. The molecule has 1 saturated carbocycles. The van der Waals surface area contributed by atoms with Crippen molar-refractivity contribution < 1.29 is 9.84 Å². The highest BCUT2D eigenvalue weighted by Gasteiger charge is 2.37. The van der Waals surface area contributed by atoms with Gasteiger partial charge in [0.1, 0.15) is 5.75 Å². The van der Waals surface area contributed by atoms with Gasteiger partial charge in [-0.15, -0.1) is 0 Å². The Labute approximate surface area is 121 Å².